The van der Waals surface area contributed by atoms with Gasteiger partial charge in [0.15, 0.2) is 0 Å². The summed E-state index contributed by atoms with van der Waals surface area (Å²) < 4.78 is 0. The lowest BCUT2D eigenvalue weighted by atomic mass is 10.4. The molecule has 0 aliphatic rings. The summed E-state index contributed by atoms with van der Waals surface area (Å²) in [6.07, 6.45) is 2.59. The molecular formula is C7H11N3S. The molecule has 1 heterocycles. The minimum absolute atomic E-state index is 0.622. The molecule has 1 rings (SSSR count). The van der Waals surface area contributed by atoms with Crippen LogP contribution in [0.3, 0.4) is 0 Å². The molecule has 3 nitrogen and oxygen atoms in total. The van der Waals surface area contributed by atoms with Crippen molar-refractivity contribution in [2.75, 3.05) is 0 Å². The van der Waals surface area contributed by atoms with E-state index in [2.05, 4.69) is 9.98 Å². The number of hydrogen-bond donors (Lipinski definition) is 1. The highest BCUT2D eigenvalue weighted by atomic mass is 32.1. The van der Waals surface area contributed by atoms with Gasteiger partial charge in [0.2, 0.25) is 0 Å². The van der Waals surface area contributed by atoms with Crippen molar-refractivity contribution in [1.29, 1.82) is 0 Å². The molecule has 2 N–H and O–H groups in total. The SMILES string of the molecule is CCC(N)=NCc1nccs1. The van der Waals surface area contributed by atoms with Gasteiger partial charge in [-0.2, -0.15) is 0 Å². The molecule has 60 valence electrons. The molecule has 0 unspecified atom stereocenters. The second-order valence-electron chi connectivity index (χ2n) is 2.09. The number of thiazole rings is 1. The van der Waals surface area contributed by atoms with E-state index in [1.165, 1.54) is 0 Å². The Morgan fingerprint density at radius 3 is 3.18 bits per heavy atom. The summed E-state index contributed by atoms with van der Waals surface area (Å²) in [6, 6.07) is 0. The second-order valence-corrected chi connectivity index (χ2v) is 3.07. The zero-order valence-corrected chi connectivity index (χ0v) is 7.27. The van der Waals surface area contributed by atoms with Crippen molar-refractivity contribution in [3.05, 3.63) is 16.6 Å². The smallest absolute Gasteiger partial charge is 0.114 e. The first-order chi connectivity index (χ1) is 5.33. The summed E-state index contributed by atoms with van der Waals surface area (Å²) in [5.74, 6) is 0.695. The third-order valence-electron chi connectivity index (χ3n) is 1.26. The van der Waals surface area contributed by atoms with Crippen molar-refractivity contribution < 1.29 is 0 Å². The third-order valence-corrected chi connectivity index (χ3v) is 2.03. The van der Waals surface area contributed by atoms with E-state index in [0.717, 1.165) is 11.4 Å². The zero-order valence-electron chi connectivity index (χ0n) is 6.45. The van der Waals surface area contributed by atoms with Gasteiger partial charge in [-0.15, -0.1) is 11.3 Å². The molecule has 0 bridgehead atoms. The van der Waals surface area contributed by atoms with Crippen LogP contribution in [-0.2, 0) is 6.54 Å². The van der Waals surface area contributed by atoms with Gasteiger partial charge in [-0.05, 0) is 0 Å². The predicted octanol–water partition coefficient (Wildman–Crippen LogP) is 1.41. The van der Waals surface area contributed by atoms with Crippen LogP contribution in [0.25, 0.3) is 0 Å². The fraction of sp³-hybridized carbons (Fsp3) is 0.429. The lowest BCUT2D eigenvalue weighted by Gasteiger charge is -1.92. The Morgan fingerprint density at radius 2 is 2.64 bits per heavy atom. The average molecular weight is 169 g/mol. The number of hydrogen-bond acceptors (Lipinski definition) is 3. The molecule has 4 heteroatoms. The van der Waals surface area contributed by atoms with Crippen LogP contribution in [0.1, 0.15) is 18.4 Å². The quantitative estimate of drug-likeness (QED) is 0.549. The van der Waals surface area contributed by atoms with Crippen molar-refractivity contribution in [1.82, 2.24) is 4.98 Å². The van der Waals surface area contributed by atoms with Crippen LogP contribution in [0.2, 0.25) is 0 Å². The summed E-state index contributed by atoms with van der Waals surface area (Å²) in [4.78, 5) is 8.21. The predicted molar refractivity (Wildman–Crippen MR) is 47.7 cm³/mol. The van der Waals surface area contributed by atoms with Gasteiger partial charge < -0.3 is 5.73 Å². The van der Waals surface area contributed by atoms with Gasteiger partial charge in [0.25, 0.3) is 0 Å². The zero-order chi connectivity index (χ0) is 8.10. The molecular weight excluding hydrogens is 158 g/mol. The average Bonchev–Trinajstić information content (AvgIpc) is 2.52. The number of aromatic nitrogens is 1. The minimum Gasteiger partial charge on any atom is -0.387 e. The molecule has 1 aromatic rings. The highest BCUT2D eigenvalue weighted by molar-refractivity contribution is 7.09. The normalized spacial score (nSPS) is 11.9. The summed E-state index contributed by atoms with van der Waals surface area (Å²) in [7, 11) is 0. The Bertz CT molecular complexity index is 228. The lowest BCUT2D eigenvalue weighted by molar-refractivity contribution is 1.01. The number of aliphatic imine (C=N–C) groups is 1. The molecule has 0 saturated carbocycles. The molecule has 0 fully saturated rings. The molecule has 0 amide bonds. The van der Waals surface area contributed by atoms with Crippen molar-refractivity contribution in [2.45, 2.75) is 19.9 Å². The first kappa shape index (κ1) is 8.20. The summed E-state index contributed by atoms with van der Waals surface area (Å²) in [5.41, 5.74) is 5.52. The molecule has 0 spiro atoms. The Balaban J connectivity index is 2.45. The van der Waals surface area contributed by atoms with Gasteiger partial charge >= 0.3 is 0 Å². The van der Waals surface area contributed by atoms with Crippen LogP contribution in [0, 0.1) is 0 Å². The van der Waals surface area contributed by atoms with E-state index in [1.807, 2.05) is 12.3 Å². The van der Waals surface area contributed by atoms with E-state index in [9.17, 15) is 0 Å². The summed E-state index contributed by atoms with van der Waals surface area (Å²) in [5, 5.41) is 2.95. The highest BCUT2D eigenvalue weighted by Gasteiger charge is 1.92. The molecule has 11 heavy (non-hydrogen) atoms. The van der Waals surface area contributed by atoms with E-state index < -0.39 is 0 Å². The lowest BCUT2D eigenvalue weighted by Crippen LogP contribution is -2.09. The Hall–Kier alpha value is -0.900. The first-order valence-electron chi connectivity index (χ1n) is 3.50. The number of nitrogens with zero attached hydrogens (tertiary/aromatic N) is 2. The fourth-order valence-corrected chi connectivity index (χ4v) is 1.15. The Labute approximate surface area is 70.0 Å². The number of amidine groups is 1. The van der Waals surface area contributed by atoms with Crippen molar-refractivity contribution in [3.8, 4) is 0 Å². The molecule has 0 atom stereocenters. The highest BCUT2D eigenvalue weighted by Crippen LogP contribution is 2.04. The number of nitrogens with two attached hydrogens (primary N) is 1. The van der Waals surface area contributed by atoms with Gasteiger partial charge in [0.05, 0.1) is 12.4 Å². The molecule has 0 saturated heterocycles. The maximum atomic E-state index is 5.52. The van der Waals surface area contributed by atoms with Gasteiger partial charge in [-0.3, -0.25) is 4.99 Å². The van der Waals surface area contributed by atoms with E-state index in [4.69, 9.17) is 5.73 Å². The van der Waals surface area contributed by atoms with E-state index in [1.54, 1.807) is 17.5 Å². The van der Waals surface area contributed by atoms with Crippen molar-refractivity contribution >= 4 is 17.2 Å². The number of rotatable bonds is 3. The van der Waals surface area contributed by atoms with Gasteiger partial charge in [-0.25, -0.2) is 4.98 Å². The third kappa shape index (κ3) is 2.67. The van der Waals surface area contributed by atoms with Crippen LogP contribution in [0.15, 0.2) is 16.6 Å². The Morgan fingerprint density at radius 1 is 1.82 bits per heavy atom. The topological polar surface area (TPSA) is 51.3 Å². The molecule has 0 radical (unpaired) electrons. The van der Waals surface area contributed by atoms with Crippen LogP contribution in [0.5, 0.6) is 0 Å². The molecule has 0 aromatic carbocycles. The standard InChI is InChI=1S/C7H11N3S/c1-2-6(8)10-5-7-9-3-4-11-7/h3-4H,2,5H2,1H3,(H2,8,10). The summed E-state index contributed by atoms with van der Waals surface area (Å²) >= 11 is 1.60. The van der Waals surface area contributed by atoms with Crippen LogP contribution in [-0.4, -0.2) is 10.8 Å². The van der Waals surface area contributed by atoms with E-state index in [-0.39, 0.29) is 0 Å². The van der Waals surface area contributed by atoms with Gasteiger partial charge in [-0.1, -0.05) is 6.92 Å². The minimum atomic E-state index is 0.622. The van der Waals surface area contributed by atoms with Crippen molar-refractivity contribution in [3.63, 3.8) is 0 Å². The summed E-state index contributed by atoms with van der Waals surface area (Å²) in [6.45, 7) is 2.61. The first-order valence-corrected chi connectivity index (χ1v) is 4.38. The van der Waals surface area contributed by atoms with Gasteiger partial charge in [0, 0.05) is 18.0 Å². The van der Waals surface area contributed by atoms with E-state index >= 15 is 0 Å². The Kier molecular flexibility index (Phi) is 3.04. The molecule has 1 aromatic heterocycles. The molecule has 0 aliphatic heterocycles. The second kappa shape index (κ2) is 4.08. The molecule has 0 aliphatic carbocycles. The van der Waals surface area contributed by atoms with Gasteiger partial charge in [0.1, 0.15) is 5.01 Å². The van der Waals surface area contributed by atoms with Crippen LogP contribution >= 0.6 is 11.3 Å². The van der Waals surface area contributed by atoms with Crippen LogP contribution in [0.4, 0.5) is 0 Å². The maximum absolute atomic E-state index is 5.52. The van der Waals surface area contributed by atoms with Crippen LogP contribution < -0.4 is 5.73 Å². The maximum Gasteiger partial charge on any atom is 0.114 e. The van der Waals surface area contributed by atoms with Crippen molar-refractivity contribution in [2.24, 2.45) is 10.7 Å². The fourth-order valence-electron chi connectivity index (χ4n) is 0.612. The monoisotopic (exact) mass is 169 g/mol. The largest absolute Gasteiger partial charge is 0.387 e. The van der Waals surface area contributed by atoms with E-state index in [0.29, 0.717) is 12.4 Å².